The van der Waals surface area contributed by atoms with Gasteiger partial charge in [0.15, 0.2) is 0 Å². The number of hydrogen-bond donors (Lipinski definition) is 0. The van der Waals surface area contributed by atoms with Crippen LogP contribution in [0.2, 0.25) is 0 Å². The van der Waals surface area contributed by atoms with Gasteiger partial charge in [-0.3, -0.25) is 0 Å². The molecule has 0 N–H and O–H groups in total. The third-order valence-corrected chi connectivity index (χ3v) is 29.0. The third-order valence-electron chi connectivity index (χ3n) is 26.5. The van der Waals surface area contributed by atoms with Crippen molar-refractivity contribution in [2.24, 2.45) is 0 Å². The first-order chi connectivity index (χ1) is 61.0. The molecule has 3 aromatic heterocycles. The molecule has 0 radical (unpaired) electrons. The zero-order chi connectivity index (χ0) is 80.5. The van der Waals surface area contributed by atoms with Gasteiger partial charge in [0.25, 0.3) is 0 Å². The lowest BCUT2D eigenvalue weighted by molar-refractivity contribution is 1.18. The molecule has 0 spiro atoms. The number of aromatic nitrogens is 1. The normalized spacial score (nSPS) is 12.1. The molecule has 26 aromatic rings. The maximum Gasteiger partial charge on any atom is 0.0541 e. The van der Waals surface area contributed by atoms with Crippen LogP contribution >= 0.6 is 22.7 Å². The Balaban J connectivity index is 0.556. The van der Waals surface area contributed by atoms with E-state index in [4.69, 9.17) is 0 Å². The molecule has 0 amide bonds. The van der Waals surface area contributed by atoms with E-state index in [0.717, 1.165) is 5.69 Å². The Morgan fingerprint density at radius 2 is 0.415 bits per heavy atom. The Morgan fingerprint density at radius 1 is 0.138 bits per heavy atom. The number of hydrogen-bond acceptors (Lipinski definition) is 2. The van der Waals surface area contributed by atoms with Gasteiger partial charge in [-0.2, -0.15) is 0 Å². The Morgan fingerprint density at radius 3 is 0.886 bits per heavy atom. The van der Waals surface area contributed by atoms with Crippen molar-refractivity contribution in [3.8, 4) is 106 Å². The van der Waals surface area contributed by atoms with Gasteiger partial charge in [0.05, 0.1) is 11.0 Å². The zero-order valence-electron chi connectivity index (χ0n) is 66.8. The number of rotatable bonds is 10. The van der Waals surface area contributed by atoms with Gasteiger partial charge in [0, 0.05) is 56.8 Å². The molecule has 0 bridgehead atoms. The fourth-order valence-corrected chi connectivity index (χ4v) is 23.5. The van der Waals surface area contributed by atoms with Crippen molar-refractivity contribution in [3.63, 3.8) is 0 Å². The Bertz CT molecular complexity index is 8920. The lowest BCUT2D eigenvalue weighted by Gasteiger charge is -2.15. The second kappa shape index (κ2) is 27.6. The second-order valence-corrected chi connectivity index (χ2v) is 35.2. The molecule has 0 aliphatic carbocycles. The molecule has 3 heteroatoms. The minimum Gasteiger partial charge on any atom is -0.309 e. The van der Waals surface area contributed by atoms with E-state index in [0.29, 0.717) is 0 Å². The molecule has 23 aromatic carbocycles. The van der Waals surface area contributed by atoms with Gasteiger partial charge in [-0.1, -0.05) is 352 Å². The SMILES string of the molecule is c1ccc(-c2ccc(-c3ccc4c5cc(-c6cccc(-c7ccc(-n8c9ccccc9c9ccccc98)cc7)c6)ccc5c5ccccc5c4c3)c3c2sc2c(-c4cccc(-c5ccc6c7ccccc7c7cc(-c8ccc(-c9cccc(-c%10ccc%11c%12ccccc%12c%12ccccc%12c%11c%10)c9)c9sc%10ccccc%10c89)ccc7c6c5)c4)cccc23)cc1. The van der Waals surface area contributed by atoms with Gasteiger partial charge < -0.3 is 4.57 Å². The van der Waals surface area contributed by atoms with Gasteiger partial charge in [0.1, 0.15) is 0 Å². The summed E-state index contributed by atoms with van der Waals surface area (Å²) >= 11 is 3.83. The molecular weight excluding hydrogens is 1520 g/mol. The maximum atomic E-state index is 2.48. The maximum absolute atomic E-state index is 2.48. The van der Waals surface area contributed by atoms with Crippen molar-refractivity contribution in [1.29, 1.82) is 0 Å². The average Bonchev–Trinajstić information content (AvgIpc) is 1.72. The zero-order valence-corrected chi connectivity index (χ0v) is 68.4. The first-order valence-corrected chi connectivity index (χ1v) is 44.1. The quantitative estimate of drug-likeness (QED) is 0.120. The molecule has 0 aliphatic rings. The highest BCUT2D eigenvalue weighted by Gasteiger charge is 2.24. The van der Waals surface area contributed by atoms with Gasteiger partial charge in [-0.05, 0) is 276 Å². The standard InChI is InChI=1S/C120H71NS2/c1-2-22-73(23-3-1)89-62-60-87(84-52-59-103-109-68-78(48-56-100(109)95-34-8-11-37-98(95)112(103)71-84)75-25-18-24-74(64-75)72-46-53-85(54-47-72)121-113-43-15-12-38-104(113)105-39-13-16-44-114(105)121)117-107-42-21-41-88(118(107)123-120(89)117)81-28-19-26-76(65-81)80-50-57-101-94-33-7-10-36-97(94)111-70-83(51-58-102(111)110(101)69-80)86-61-63-90(119-116(86)106-40-14-17-45-115(106)122-119)82-29-20-27-77(66-82)79-49-55-99-93-32-5-4-30-91(93)92-31-6-9-35-96(92)108(99)67-79/h1-71H. The van der Waals surface area contributed by atoms with Gasteiger partial charge >= 0.3 is 0 Å². The number of nitrogens with zero attached hydrogens (tertiary/aromatic N) is 1. The molecule has 0 fully saturated rings. The topological polar surface area (TPSA) is 4.93 Å². The molecular formula is C120H71NS2. The fourth-order valence-electron chi connectivity index (χ4n) is 20.8. The minimum absolute atomic E-state index is 1.15. The summed E-state index contributed by atoms with van der Waals surface area (Å²) in [5.74, 6) is 0. The highest BCUT2D eigenvalue weighted by molar-refractivity contribution is 7.27. The van der Waals surface area contributed by atoms with E-state index < -0.39 is 0 Å². The van der Waals surface area contributed by atoms with Crippen molar-refractivity contribution in [2.45, 2.75) is 0 Å². The van der Waals surface area contributed by atoms with Crippen molar-refractivity contribution in [2.75, 3.05) is 0 Å². The van der Waals surface area contributed by atoms with E-state index in [1.54, 1.807) is 0 Å². The molecule has 1 nitrogen and oxygen atoms in total. The summed E-state index contributed by atoms with van der Waals surface area (Å²) in [5.41, 5.74) is 25.4. The van der Waals surface area contributed by atoms with Crippen molar-refractivity contribution in [1.82, 2.24) is 4.57 Å². The van der Waals surface area contributed by atoms with Crippen LogP contribution in [0.3, 0.4) is 0 Å². The van der Waals surface area contributed by atoms with Crippen LogP contribution in [0.1, 0.15) is 0 Å². The number of fused-ring (bicyclic) bond motifs is 27. The monoisotopic (exact) mass is 1590 g/mol. The number of thiophene rings is 2. The Labute approximate surface area is 717 Å². The van der Waals surface area contributed by atoms with Crippen molar-refractivity contribution < 1.29 is 0 Å². The van der Waals surface area contributed by atoms with Crippen LogP contribution in [0.4, 0.5) is 0 Å². The summed E-state index contributed by atoms with van der Waals surface area (Å²) in [4.78, 5) is 0. The van der Waals surface area contributed by atoms with Crippen LogP contribution in [-0.4, -0.2) is 4.57 Å². The van der Waals surface area contributed by atoms with E-state index in [-0.39, 0.29) is 0 Å². The lowest BCUT2D eigenvalue weighted by Crippen LogP contribution is -1.93. The third kappa shape index (κ3) is 10.9. The second-order valence-electron chi connectivity index (χ2n) is 33.1. The first kappa shape index (κ1) is 69.6. The molecule has 0 saturated carbocycles. The van der Waals surface area contributed by atoms with Crippen LogP contribution in [0.25, 0.3) is 265 Å². The highest BCUT2D eigenvalue weighted by atomic mass is 32.1. The van der Waals surface area contributed by atoms with Crippen LogP contribution in [0.15, 0.2) is 431 Å². The van der Waals surface area contributed by atoms with E-state index >= 15 is 0 Å². The predicted octanol–water partition coefficient (Wildman–Crippen LogP) is 34.9. The average molecular weight is 1590 g/mol. The molecule has 26 rings (SSSR count). The summed E-state index contributed by atoms with van der Waals surface area (Å²) in [6.07, 6.45) is 0. The van der Waals surface area contributed by atoms with Gasteiger partial charge in [-0.15, -0.1) is 22.7 Å². The molecule has 123 heavy (non-hydrogen) atoms. The molecule has 0 saturated heterocycles. The van der Waals surface area contributed by atoms with Crippen LogP contribution < -0.4 is 0 Å². The molecule has 568 valence electrons. The smallest absolute Gasteiger partial charge is 0.0541 e. The van der Waals surface area contributed by atoms with Crippen molar-refractivity contribution in [3.05, 3.63) is 431 Å². The van der Waals surface area contributed by atoms with Crippen LogP contribution in [0.5, 0.6) is 0 Å². The van der Waals surface area contributed by atoms with Crippen LogP contribution in [0, 0.1) is 0 Å². The molecule has 3 heterocycles. The molecule has 0 atom stereocenters. The summed E-state index contributed by atoms with van der Waals surface area (Å²) < 4.78 is 7.55. The lowest BCUT2D eigenvalue weighted by atomic mass is 9.88. The predicted molar refractivity (Wildman–Crippen MR) is 533 cm³/mol. The molecule has 0 aliphatic heterocycles. The summed E-state index contributed by atoms with van der Waals surface area (Å²) in [5, 5.41) is 30.4. The molecule has 0 unspecified atom stereocenters. The number of para-hydroxylation sites is 2. The summed E-state index contributed by atoms with van der Waals surface area (Å²) in [6.45, 7) is 0. The highest BCUT2D eigenvalue weighted by Crippen LogP contribution is 2.52. The van der Waals surface area contributed by atoms with Crippen LogP contribution in [-0.2, 0) is 0 Å². The van der Waals surface area contributed by atoms with Gasteiger partial charge in [-0.25, -0.2) is 0 Å². The Kier molecular flexibility index (Phi) is 15.6. The summed E-state index contributed by atoms with van der Waals surface area (Å²) in [7, 11) is 0. The Hall–Kier alpha value is -15.4. The van der Waals surface area contributed by atoms with E-state index in [9.17, 15) is 0 Å². The van der Waals surface area contributed by atoms with Gasteiger partial charge in [0.2, 0.25) is 0 Å². The summed E-state index contributed by atoms with van der Waals surface area (Å²) in [6, 6.07) is 162. The largest absolute Gasteiger partial charge is 0.309 e. The minimum atomic E-state index is 1.15. The van der Waals surface area contributed by atoms with Crippen molar-refractivity contribution >= 4 is 182 Å². The van der Waals surface area contributed by atoms with E-state index in [1.807, 2.05) is 22.7 Å². The number of benzene rings is 23. The first-order valence-electron chi connectivity index (χ1n) is 42.5. The van der Waals surface area contributed by atoms with E-state index in [2.05, 4.69) is 435 Å². The fraction of sp³-hybridized carbons (Fsp3) is 0. The van der Waals surface area contributed by atoms with E-state index in [1.165, 1.54) is 259 Å².